The first-order chi connectivity index (χ1) is 41.3. The average molecular weight is 1270 g/mol. The Balaban J connectivity index is 2.46. The van der Waals surface area contributed by atoms with E-state index in [1.165, 1.54) is 49.9 Å². The van der Waals surface area contributed by atoms with Gasteiger partial charge in [-0.1, -0.05) is 12.1 Å². The number of aliphatic carboxylic acids is 4. The van der Waals surface area contributed by atoms with Gasteiger partial charge in [0.05, 0.1) is 38.2 Å². The second kappa shape index (κ2) is 37.6. The number of carboxylic acids is 4. The van der Waals surface area contributed by atoms with Crippen molar-refractivity contribution in [2.24, 2.45) is 22.2 Å². The van der Waals surface area contributed by atoms with Crippen LogP contribution in [0.2, 0.25) is 0 Å². The second-order valence-corrected chi connectivity index (χ2v) is 21.1. The van der Waals surface area contributed by atoms with Crippen LogP contribution in [0.15, 0.2) is 29.3 Å². The molecule has 0 aliphatic carbocycles. The number of amides is 10. The number of thioether (sulfide) groups is 1. The largest absolute Gasteiger partial charge is 0.508 e. The highest BCUT2D eigenvalue weighted by Crippen LogP contribution is 2.21. The number of aliphatic hydroxyl groups is 3. The number of nitrogens with zero attached hydrogens (tertiary/aromatic N) is 2. The zero-order chi connectivity index (χ0) is 66.5. The SMILES string of the molecule is CSCCC(NC(=O)C(NC(=O)C(C)N)C(C)O)C(=O)NC(CCCN=C(N)N)C(=O)NC(Cc1ccc(O)cc1)C(=O)N1CCCC1C(=O)NC(CO)C(=O)NC(CC(=O)O)C(=O)NC(CC(=O)O)C(=O)NC(CO)C(=O)NC(CCC(=O)O)C(=O)O. The smallest absolute Gasteiger partial charge is 0.326 e. The molecule has 0 radical (unpaired) electrons. The third-order valence-electron chi connectivity index (χ3n) is 13.0. The molecule has 2 rings (SSSR count). The number of carbonyl (C=O) groups excluding carboxylic acids is 10. The summed E-state index contributed by atoms with van der Waals surface area (Å²) in [6.07, 6.45) is -4.10. The Morgan fingerprint density at radius 2 is 1.07 bits per heavy atom. The van der Waals surface area contributed by atoms with Gasteiger partial charge in [-0.05, 0) is 82.1 Å². The number of aliphatic hydroxyl groups excluding tert-OH is 3. The molecule has 0 saturated carbocycles. The van der Waals surface area contributed by atoms with E-state index in [1.54, 1.807) is 6.26 Å². The molecule has 1 fully saturated rings. The standard InChI is InChI=1S/C51H78N14O22S/c1-23(52)40(76)64-39(24(2)68)48(84)57-28(14-17-88-3)42(78)56-27(6-4-15-55-51(53)54)41(77)61-32(18-25-8-10-26(69)11-9-25)49(85)65-16-5-7-35(65)47(83)63-34(22-67)46(82)60-30(19-37(72)73)43(79)59-31(20-38(74)75)44(80)62-33(21-66)45(81)58-29(50(86)87)12-13-36(70)71/h8-11,23-24,27-35,39,66-69H,4-7,12-22,52H2,1-3H3,(H,56,78)(H,57,84)(H,58,81)(H,59,79)(H,60,82)(H,61,77)(H,62,80)(H,63,83)(H,64,76)(H,70,71)(H,72,73)(H,74,75)(H,86,87)(H4,53,54,55). The van der Waals surface area contributed by atoms with Gasteiger partial charge in [0.2, 0.25) is 59.1 Å². The first-order valence-electron chi connectivity index (χ1n) is 27.2. The molecule has 10 amide bonds. The summed E-state index contributed by atoms with van der Waals surface area (Å²) < 4.78 is 0. The van der Waals surface area contributed by atoms with E-state index >= 15 is 0 Å². The van der Waals surface area contributed by atoms with Crippen LogP contribution in [0.25, 0.3) is 0 Å². The number of guanidine groups is 1. The maximum Gasteiger partial charge on any atom is 0.326 e. The molecule has 12 atom stereocenters. The fourth-order valence-corrected chi connectivity index (χ4v) is 8.85. The number of hydrogen-bond donors (Lipinski definition) is 20. The van der Waals surface area contributed by atoms with Crippen LogP contribution in [0.3, 0.4) is 0 Å². The Labute approximate surface area is 506 Å². The van der Waals surface area contributed by atoms with Crippen molar-refractivity contribution < 1.29 is 108 Å². The van der Waals surface area contributed by atoms with Crippen LogP contribution in [0, 0.1) is 0 Å². The molecule has 37 heteroatoms. The van der Waals surface area contributed by atoms with Crippen molar-refractivity contribution in [2.45, 2.75) is 151 Å². The summed E-state index contributed by atoms with van der Waals surface area (Å²) in [6, 6.07) is -13.4. The molecule has 1 aromatic carbocycles. The lowest BCUT2D eigenvalue weighted by atomic mass is 10.0. The molecule has 0 spiro atoms. The topological polar surface area (TPSA) is 603 Å². The monoisotopic (exact) mass is 1270 g/mol. The summed E-state index contributed by atoms with van der Waals surface area (Å²) >= 11 is 1.30. The summed E-state index contributed by atoms with van der Waals surface area (Å²) in [5.74, 6) is -18.3. The van der Waals surface area contributed by atoms with Gasteiger partial charge < -0.3 is 111 Å². The number of phenols is 1. The Kier molecular flexibility index (Phi) is 32.1. The lowest BCUT2D eigenvalue weighted by Crippen LogP contribution is -2.61. The quantitative estimate of drug-likeness (QED) is 0.0165. The number of phenolic OH excluding ortho intramolecular Hbond substituents is 1. The van der Waals surface area contributed by atoms with E-state index in [0.29, 0.717) is 5.56 Å². The van der Waals surface area contributed by atoms with Gasteiger partial charge in [0, 0.05) is 25.9 Å². The van der Waals surface area contributed by atoms with E-state index < -0.39 is 194 Å². The van der Waals surface area contributed by atoms with Gasteiger partial charge in [-0.2, -0.15) is 11.8 Å². The predicted molar refractivity (Wildman–Crippen MR) is 305 cm³/mol. The fraction of sp³-hybridized carbons (Fsp3) is 0.588. The molecule has 490 valence electrons. The Morgan fingerprint density at radius 3 is 1.55 bits per heavy atom. The maximum atomic E-state index is 14.7. The highest BCUT2D eigenvalue weighted by molar-refractivity contribution is 7.98. The number of nitrogens with one attached hydrogen (secondary N) is 9. The van der Waals surface area contributed by atoms with Gasteiger partial charge in [-0.25, -0.2) is 4.79 Å². The lowest BCUT2D eigenvalue weighted by molar-refractivity contribution is -0.145. The molecule has 0 bridgehead atoms. The summed E-state index contributed by atoms with van der Waals surface area (Å²) in [5.41, 5.74) is 17.0. The second-order valence-electron chi connectivity index (χ2n) is 20.1. The molecule has 1 aromatic rings. The van der Waals surface area contributed by atoms with Crippen LogP contribution in [-0.4, -0.2) is 246 Å². The average Bonchev–Trinajstić information content (AvgIpc) is 3.43. The molecule has 36 nitrogen and oxygen atoms in total. The highest BCUT2D eigenvalue weighted by atomic mass is 32.2. The number of nitrogens with two attached hydrogens (primary N) is 3. The Bertz CT molecular complexity index is 2680. The molecule has 23 N–H and O–H groups in total. The summed E-state index contributed by atoms with van der Waals surface area (Å²) in [7, 11) is 0. The minimum Gasteiger partial charge on any atom is -0.508 e. The van der Waals surface area contributed by atoms with Gasteiger partial charge in [-0.15, -0.1) is 0 Å². The van der Waals surface area contributed by atoms with E-state index in [4.69, 9.17) is 22.3 Å². The Hall–Kier alpha value is -8.94. The van der Waals surface area contributed by atoms with Crippen molar-refractivity contribution in [2.75, 3.05) is 38.3 Å². The highest BCUT2D eigenvalue weighted by Gasteiger charge is 2.41. The number of aliphatic imine (C=N–C) groups is 1. The number of hydrogen-bond acceptors (Lipinski definition) is 21. The molecule has 0 aromatic heterocycles. The van der Waals surface area contributed by atoms with E-state index in [0.717, 1.165) is 4.90 Å². The van der Waals surface area contributed by atoms with Crippen LogP contribution in [0.1, 0.15) is 77.2 Å². The first-order valence-corrected chi connectivity index (χ1v) is 28.6. The van der Waals surface area contributed by atoms with Crippen LogP contribution in [0.5, 0.6) is 5.75 Å². The predicted octanol–water partition coefficient (Wildman–Crippen LogP) is -8.29. The molecule has 1 aliphatic rings. The van der Waals surface area contributed by atoms with E-state index in [9.17, 15) is 103 Å². The molecular formula is C51H78N14O22S. The van der Waals surface area contributed by atoms with Gasteiger partial charge >= 0.3 is 23.9 Å². The fourth-order valence-electron chi connectivity index (χ4n) is 8.38. The van der Waals surface area contributed by atoms with E-state index in [2.05, 4.69) is 31.6 Å². The third-order valence-corrected chi connectivity index (χ3v) is 13.7. The maximum absolute atomic E-state index is 14.7. The minimum absolute atomic E-state index is 0.0264. The van der Waals surface area contributed by atoms with Crippen LogP contribution >= 0.6 is 11.8 Å². The zero-order valence-electron chi connectivity index (χ0n) is 48.2. The molecule has 1 saturated heterocycles. The summed E-state index contributed by atoms with van der Waals surface area (Å²) in [6.45, 7) is -0.129. The van der Waals surface area contributed by atoms with Crippen LogP contribution in [-0.2, 0) is 73.5 Å². The molecule has 1 heterocycles. The summed E-state index contributed by atoms with van der Waals surface area (Å²) in [5, 5.41) is 98.0. The Morgan fingerprint density at radius 1 is 0.602 bits per heavy atom. The number of carbonyl (C=O) groups is 14. The minimum atomic E-state index is -2.21. The molecular weight excluding hydrogens is 1190 g/mol. The van der Waals surface area contributed by atoms with Crippen molar-refractivity contribution >= 4 is 101 Å². The van der Waals surface area contributed by atoms with E-state index in [1.807, 2.05) is 21.3 Å². The third kappa shape index (κ3) is 26.0. The summed E-state index contributed by atoms with van der Waals surface area (Å²) in [4.78, 5) is 188. The van der Waals surface area contributed by atoms with Crippen LogP contribution < -0.4 is 65.1 Å². The number of carboxylic acid groups (broad SMARTS) is 4. The van der Waals surface area contributed by atoms with Crippen molar-refractivity contribution in [1.82, 2.24) is 52.8 Å². The normalized spacial score (nSPS) is 16.4. The van der Waals surface area contributed by atoms with Gasteiger partial charge in [0.1, 0.15) is 66.2 Å². The number of rotatable bonds is 39. The number of benzene rings is 1. The van der Waals surface area contributed by atoms with Crippen molar-refractivity contribution in [1.29, 1.82) is 0 Å². The first kappa shape index (κ1) is 75.2. The number of likely N-dealkylation sites (tertiary alicyclic amines) is 1. The van der Waals surface area contributed by atoms with Crippen molar-refractivity contribution in [3.05, 3.63) is 29.8 Å². The van der Waals surface area contributed by atoms with E-state index in [-0.39, 0.29) is 69.1 Å². The zero-order valence-corrected chi connectivity index (χ0v) is 49.0. The van der Waals surface area contributed by atoms with Gasteiger partial charge in [0.15, 0.2) is 5.96 Å². The molecule has 12 unspecified atom stereocenters. The molecule has 88 heavy (non-hydrogen) atoms. The van der Waals surface area contributed by atoms with Crippen LogP contribution in [0.4, 0.5) is 0 Å². The van der Waals surface area contributed by atoms with Crippen molar-refractivity contribution in [3.8, 4) is 5.75 Å². The van der Waals surface area contributed by atoms with Gasteiger partial charge in [-0.3, -0.25) is 67.3 Å². The molecule has 1 aliphatic heterocycles. The lowest BCUT2D eigenvalue weighted by Gasteiger charge is -2.31. The van der Waals surface area contributed by atoms with Gasteiger partial charge in [0.25, 0.3) is 0 Å². The van der Waals surface area contributed by atoms with Crippen molar-refractivity contribution in [3.63, 3.8) is 0 Å². The number of aromatic hydroxyl groups is 1.